The highest BCUT2D eigenvalue weighted by molar-refractivity contribution is 6.30. The van der Waals surface area contributed by atoms with Crippen LogP contribution in [0.1, 0.15) is 18.9 Å². The van der Waals surface area contributed by atoms with Gasteiger partial charge in [0.15, 0.2) is 0 Å². The van der Waals surface area contributed by atoms with E-state index in [2.05, 4.69) is 28.2 Å². The van der Waals surface area contributed by atoms with Crippen LogP contribution in [0.15, 0.2) is 35.1 Å². The first-order valence-corrected chi connectivity index (χ1v) is 11.0. The van der Waals surface area contributed by atoms with Gasteiger partial charge in [0, 0.05) is 37.3 Å². The van der Waals surface area contributed by atoms with Crippen LogP contribution in [-0.2, 0) is 7.05 Å². The minimum Gasteiger partial charge on any atom is -0.495 e. The van der Waals surface area contributed by atoms with Crippen molar-refractivity contribution in [1.29, 1.82) is 5.26 Å². The number of aryl methyl sites for hydroxylation is 1. The fraction of sp³-hybridized carbons (Fsp3) is 0.348. The largest absolute Gasteiger partial charge is 0.495 e. The van der Waals surface area contributed by atoms with Gasteiger partial charge in [0.1, 0.15) is 28.1 Å². The number of piperidine rings is 1. The van der Waals surface area contributed by atoms with Crippen LogP contribution in [0.25, 0.3) is 11.0 Å². The molecule has 1 aromatic carbocycles. The molecule has 9 heteroatoms. The number of methoxy groups -OCH3 is 1. The first-order valence-electron chi connectivity index (χ1n) is 10.3. The zero-order chi connectivity index (χ0) is 23.0. The zero-order valence-corrected chi connectivity index (χ0v) is 19.5. The Morgan fingerprint density at radius 3 is 2.75 bits per heavy atom. The normalized spacial score (nSPS) is 18.4. The summed E-state index contributed by atoms with van der Waals surface area (Å²) in [7, 11) is 3.26. The molecule has 4 rings (SSSR count). The van der Waals surface area contributed by atoms with Crippen molar-refractivity contribution >= 4 is 45.6 Å². The molecule has 0 saturated carbocycles. The van der Waals surface area contributed by atoms with Crippen LogP contribution in [-0.4, -0.2) is 35.8 Å². The lowest BCUT2D eigenvalue weighted by atomic mass is 9.92. The SMILES string of the molecule is COc1cc(Cl)ccc1N[C@@H]1CCN(c2c(C#N)c(=O)n(C)c3ccc(Cl)nc23)C[C@@H]1C. The number of fused-ring (bicyclic) bond motifs is 1. The second-order valence-electron chi connectivity index (χ2n) is 8.01. The Bertz CT molecular complexity index is 1280. The van der Waals surface area contributed by atoms with Crippen LogP contribution in [0.4, 0.5) is 11.4 Å². The third-order valence-electron chi connectivity index (χ3n) is 6.02. The van der Waals surface area contributed by atoms with Crippen LogP contribution in [0.2, 0.25) is 10.2 Å². The molecule has 0 aliphatic carbocycles. The third kappa shape index (κ3) is 3.96. The van der Waals surface area contributed by atoms with Crippen LogP contribution in [0.3, 0.4) is 0 Å². The second-order valence-corrected chi connectivity index (χ2v) is 8.83. The summed E-state index contributed by atoms with van der Waals surface area (Å²) >= 11 is 12.2. The van der Waals surface area contributed by atoms with E-state index in [1.165, 1.54) is 4.57 Å². The van der Waals surface area contributed by atoms with Crippen molar-refractivity contribution in [1.82, 2.24) is 9.55 Å². The van der Waals surface area contributed by atoms with Crippen LogP contribution in [0.5, 0.6) is 5.75 Å². The number of ether oxygens (including phenoxy) is 1. The van der Waals surface area contributed by atoms with E-state index in [-0.39, 0.29) is 23.1 Å². The lowest BCUT2D eigenvalue weighted by Crippen LogP contribution is -2.46. The molecule has 1 fully saturated rings. The molecule has 1 aliphatic rings. The Kier molecular flexibility index (Phi) is 6.18. The molecule has 32 heavy (non-hydrogen) atoms. The first-order chi connectivity index (χ1) is 15.3. The fourth-order valence-corrected chi connectivity index (χ4v) is 4.64. The molecule has 2 aromatic heterocycles. The number of benzene rings is 1. The average molecular weight is 472 g/mol. The molecule has 0 bridgehead atoms. The van der Waals surface area contributed by atoms with Gasteiger partial charge in [-0.1, -0.05) is 30.1 Å². The van der Waals surface area contributed by atoms with E-state index in [1.54, 1.807) is 32.4 Å². The van der Waals surface area contributed by atoms with E-state index in [0.29, 0.717) is 45.7 Å². The van der Waals surface area contributed by atoms with Gasteiger partial charge in [0.25, 0.3) is 5.56 Å². The van der Waals surface area contributed by atoms with E-state index >= 15 is 0 Å². The minimum atomic E-state index is -0.335. The van der Waals surface area contributed by atoms with Gasteiger partial charge in [-0.25, -0.2) is 4.98 Å². The van der Waals surface area contributed by atoms with Gasteiger partial charge in [-0.2, -0.15) is 5.26 Å². The number of nitrogens with one attached hydrogen (secondary N) is 1. The molecule has 0 unspecified atom stereocenters. The molecule has 1 N–H and O–H groups in total. The second kappa shape index (κ2) is 8.89. The summed E-state index contributed by atoms with van der Waals surface area (Å²) in [6, 6.07) is 11.2. The summed E-state index contributed by atoms with van der Waals surface area (Å²) in [6.45, 7) is 3.45. The maximum atomic E-state index is 12.9. The summed E-state index contributed by atoms with van der Waals surface area (Å²) < 4.78 is 6.91. The summed E-state index contributed by atoms with van der Waals surface area (Å²) in [6.07, 6.45) is 0.801. The quantitative estimate of drug-likeness (QED) is 0.565. The summed E-state index contributed by atoms with van der Waals surface area (Å²) in [5, 5.41) is 14.3. The topological polar surface area (TPSA) is 83.2 Å². The number of rotatable bonds is 4. The Hall–Kier alpha value is -2.95. The number of pyridine rings is 2. The number of nitriles is 1. The van der Waals surface area contributed by atoms with Crippen molar-refractivity contribution in [2.24, 2.45) is 13.0 Å². The van der Waals surface area contributed by atoms with Crippen molar-refractivity contribution in [3.05, 3.63) is 56.4 Å². The predicted molar refractivity (Wildman–Crippen MR) is 128 cm³/mol. The first kappa shape index (κ1) is 22.3. The summed E-state index contributed by atoms with van der Waals surface area (Å²) in [4.78, 5) is 19.4. The van der Waals surface area contributed by atoms with Crippen LogP contribution in [0, 0.1) is 17.2 Å². The van der Waals surface area contributed by atoms with Crippen LogP contribution < -0.4 is 20.5 Å². The van der Waals surface area contributed by atoms with Crippen molar-refractivity contribution in [3.8, 4) is 11.8 Å². The summed E-state index contributed by atoms with van der Waals surface area (Å²) in [5.74, 6) is 0.907. The van der Waals surface area contributed by atoms with Crippen molar-refractivity contribution in [2.45, 2.75) is 19.4 Å². The molecule has 1 saturated heterocycles. The molecule has 3 aromatic rings. The Morgan fingerprint density at radius 1 is 1.28 bits per heavy atom. The molecule has 2 atom stereocenters. The highest BCUT2D eigenvalue weighted by Crippen LogP contribution is 2.34. The monoisotopic (exact) mass is 471 g/mol. The smallest absolute Gasteiger partial charge is 0.270 e. The van der Waals surface area contributed by atoms with Gasteiger partial charge in [-0.15, -0.1) is 0 Å². The third-order valence-corrected chi connectivity index (χ3v) is 6.46. The number of halogens is 2. The number of hydrogen-bond acceptors (Lipinski definition) is 6. The van der Waals surface area contributed by atoms with Gasteiger partial charge >= 0.3 is 0 Å². The van der Waals surface area contributed by atoms with E-state index in [4.69, 9.17) is 27.9 Å². The van der Waals surface area contributed by atoms with Crippen molar-refractivity contribution < 1.29 is 4.74 Å². The number of aromatic nitrogens is 2. The molecular formula is C23H23Cl2N5O2. The lowest BCUT2D eigenvalue weighted by molar-refractivity contribution is 0.395. The number of hydrogen-bond donors (Lipinski definition) is 1. The predicted octanol–water partition coefficient (Wildman–Crippen LogP) is 4.45. The highest BCUT2D eigenvalue weighted by Gasteiger charge is 2.30. The molecule has 3 heterocycles. The van der Waals surface area contributed by atoms with Crippen molar-refractivity contribution in [3.63, 3.8) is 0 Å². The maximum absolute atomic E-state index is 12.9. The molecule has 0 amide bonds. The van der Waals surface area contributed by atoms with E-state index < -0.39 is 0 Å². The molecular weight excluding hydrogens is 449 g/mol. The molecule has 166 valence electrons. The fourth-order valence-electron chi connectivity index (χ4n) is 4.33. The maximum Gasteiger partial charge on any atom is 0.270 e. The van der Waals surface area contributed by atoms with Gasteiger partial charge in [0.05, 0.1) is 24.0 Å². The van der Waals surface area contributed by atoms with Crippen molar-refractivity contribution in [2.75, 3.05) is 30.4 Å². The molecule has 0 spiro atoms. The highest BCUT2D eigenvalue weighted by atomic mass is 35.5. The lowest BCUT2D eigenvalue weighted by Gasteiger charge is -2.39. The zero-order valence-electron chi connectivity index (χ0n) is 18.0. The van der Waals surface area contributed by atoms with E-state index in [9.17, 15) is 10.1 Å². The van der Waals surface area contributed by atoms with Gasteiger partial charge < -0.3 is 19.5 Å². The van der Waals surface area contributed by atoms with E-state index in [0.717, 1.165) is 12.1 Å². The van der Waals surface area contributed by atoms with Gasteiger partial charge in [-0.3, -0.25) is 4.79 Å². The summed E-state index contributed by atoms with van der Waals surface area (Å²) in [5.41, 5.74) is 2.40. The number of anilines is 2. The minimum absolute atomic E-state index is 0.0905. The standard InChI is InChI=1S/C23H23Cl2N5O2/c1-13-12-30(9-8-16(13)27-17-5-4-14(24)10-19(17)32-3)22-15(11-26)23(31)29(2)18-6-7-20(25)28-21(18)22/h4-7,10,13,16,27H,8-9,12H2,1-3H3/t13-,16+/m0/s1. The molecule has 1 aliphatic heterocycles. The van der Waals surface area contributed by atoms with E-state index in [1.807, 2.05) is 12.1 Å². The van der Waals surface area contributed by atoms with Gasteiger partial charge in [-0.05, 0) is 36.6 Å². The van der Waals surface area contributed by atoms with Gasteiger partial charge in [0.2, 0.25) is 0 Å². The number of nitrogens with zero attached hydrogens (tertiary/aromatic N) is 4. The molecule has 7 nitrogen and oxygen atoms in total. The average Bonchev–Trinajstić information content (AvgIpc) is 2.78. The Balaban J connectivity index is 1.67. The van der Waals surface area contributed by atoms with Crippen LogP contribution >= 0.6 is 23.2 Å². The Labute approximate surface area is 196 Å². The Morgan fingerprint density at radius 2 is 2.06 bits per heavy atom. The molecule has 0 radical (unpaired) electrons.